The van der Waals surface area contributed by atoms with Crippen LogP contribution in [0.15, 0.2) is 41.3 Å². The van der Waals surface area contributed by atoms with Crippen LogP contribution in [0, 0.1) is 11.8 Å². The summed E-state index contributed by atoms with van der Waals surface area (Å²) in [5.74, 6) is 5.61. The molecule has 2 rings (SSSR count). The molecule has 1 amide bonds. The third-order valence-electron chi connectivity index (χ3n) is 2.84. The van der Waals surface area contributed by atoms with Gasteiger partial charge in [-0.15, -0.1) is 0 Å². The Balaban J connectivity index is 2.34. The van der Waals surface area contributed by atoms with Crippen molar-refractivity contribution in [2.45, 2.75) is 0 Å². The lowest BCUT2D eigenvalue weighted by atomic mass is 10.2. The molecule has 0 bridgehead atoms. The highest BCUT2D eigenvalue weighted by Gasteiger charge is 2.11. The maximum Gasteiger partial charge on any atom is 0.349 e. The smallest absolute Gasteiger partial charge is 0.309 e. The third kappa shape index (κ3) is 3.81. The van der Waals surface area contributed by atoms with Crippen molar-refractivity contribution >= 4 is 11.7 Å². The first-order chi connectivity index (χ1) is 10.6. The normalized spacial score (nSPS) is 9.73. The summed E-state index contributed by atoms with van der Waals surface area (Å²) >= 11 is 0. The summed E-state index contributed by atoms with van der Waals surface area (Å²) in [5.41, 5.74) is 0.517. The minimum atomic E-state index is -0.456. The second-order valence-corrected chi connectivity index (χ2v) is 4.55. The van der Waals surface area contributed by atoms with Crippen molar-refractivity contribution in [2.75, 3.05) is 18.9 Å². The van der Waals surface area contributed by atoms with Gasteiger partial charge in [0.25, 0.3) is 5.91 Å². The fourth-order valence-corrected chi connectivity index (χ4v) is 1.73. The van der Waals surface area contributed by atoms with Crippen molar-refractivity contribution in [3.05, 3.63) is 58.1 Å². The van der Waals surface area contributed by atoms with Gasteiger partial charge in [-0.2, -0.15) is 4.98 Å². The minimum absolute atomic E-state index is 0.167. The molecule has 0 aliphatic rings. The van der Waals surface area contributed by atoms with Gasteiger partial charge in [-0.3, -0.25) is 4.79 Å². The number of amides is 1. The molecule has 2 N–H and O–H groups in total. The van der Waals surface area contributed by atoms with Crippen LogP contribution in [-0.2, 0) is 7.05 Å². The van der Waals surface area contributed by atoms with Gasteiger partial charge in [0.05, 0.1) is 12.1 Å². The van der Waals surface area contributed by atoms with E-state index in [4.69, 9.17) is 0 Å². The molecule has 1 heterocycles. The van der Waals surface area contributed by atoms with Gasteiger partial charge in [0, 0.05) is 18.8 Å². The number of carbonyl (C=O) groups excluding carboxylic acids is 1. The number of aryl methyl sites for hydroxylation is 1. The number of nitrogens with one attached hydrogen (secondary N) is 2. The van der Waals surface area contributed by atoms with Crippen LogP contribution in [-0.4, -0.2) is 29.1 Å². The standard InChI is InChI=1S/C16H16N4O2/c1-17-10-6-9-13-11-20(2)16(22)19-14(13)18-15(21)12-7-4-3-5-8-12/h3-5,7-8,11,17H,10H2,1-2H3,(H,18,19,21,22). The molecule has 0 unspecified atom stereocenters. The molecule has 0 radical (unpaired) electrons. The number of rotatable bonds is 3. The molecule has 22 heavy (non-hydrogen) atoms. The van der Waals surface area contributed by atoms with E-state index in [1.165, 1.54) is 4.57 Å². The van der Waals surface area contributed by atoms with Crippen molar-refractivity contribution in [1.82, 2.24) is 14.9 Å². The molecular weight excluding hydrogens is 280 g/mol. The summed E-state index contributed by atoms with van der Waals surface area (Å²) in [4.78, 5) is 27.7. The van der Waals surface area contributed by atoms with E-state index in [-0.39, 0.29) is 11.7 Å². The highest BCUT2D eigenvalue weighted by Crippen LogP contribution is 2.10. The second kappa shape index (κ2) is 7.20. The molecule has 6 nitrogen and oxygen atoms in total. The average Bonchev–Trinajstić information content (AvgIpc) is 2.53. The molecule has 0 saturated heterocycles. The first kappa shape index (κ1) is 15.5. The highest BCUT2D eigenvalue weighted by molar-refractivity contribution is 6.04. The van der Waals surface area contributed by atoms with Crippen LogP contribution in [0.1, 0.15) is 15.9 Å². The quantitative estimate of drug-likeness (QED) is 0.814. The van der Waals surface area contributed by atoms with E-state index in [1.807, 2.05) is 6.07 Å². The molecule has 2 aromatic rings. The van der Waals surface area contributed by atoms with Gasteiger partial charge >= 0.3 is 5.69 Å². The molecule has 6 heteroatoms. The molecule has 1 aromatic heterocycles. The van der Waals surface area contributed by atoms with Crippen LogP contribution >= 0.6 is 0 Å². The van der Waals surface area contributed by atoms with E-state index in [0.29, 0.717) is 17.7 Å². The van der Waals surface area contributed by atoms with Gasteiger partial charge in [0.15, 0.2) is 5.82 Å². The SMILES string of the molecule is CNCC#Cc1cn(C)c(=O)nc1NC(=O)c1ccccc1. The zero-order valence-corrected chi connectivity index (χ0v) is 12.4. The third-order valence-corrected chi connectivity index (χ3v) is 2.84. The maximum absolute atomic E-state index is 12.2. The molecule has 112 valence electrons. The van der Waals surface area contributed by atoms with E-state index >= 15 is 0 Å². The highest BCUT2D eigenvalue weighted by atomic mass is 16.2. The number of anilines is 1. The Hall–Kier alpha value is -2.91. The summed E-state index contributed by atoms with van der Waals surface area (Å²) in [6, 6.07) is 8.72. The predicted octanol–water partition coefficient (Wildman–Crippen LogP) is 0.604. The van der Waals surface area contributed by atoms with Gasteiger partial charge in [0.1, 0.15) is 0 Å². The van der Waals surface area contributed by atoms with Gasteiger partial charge in [-0.1, -0.05) is 30.0 Å². The van der Waals surface area contributed by atoms with Gasteiger partial charge < -0.3 is 15.2 Å². The monoisotopic (exact) mass is 296 g/mol. The first-order valence-corrected chi connectivity index (χ1v) is 6.69. The predicted molar refractivity (Wildman–Crippen MR) is 84.7 cm³/mol. The van der Waals surface area contributed by atoms with Crippen molar-refractivity contribution in [3.8, 4) is 11.8 Å². The number of hydrogen-bond donors (Lipinski definition) is 2. The van der Waals surface area contributed by atoms with Gasteiger partial charge in [-0.05, 0) is 19.2 Å². The van der Waals surface area contributed by atoms with Crippen LogP contribution < -0.4 is 16.3 Å². The van der Waals surface area contributed by atoms with Crippen LogP contribution in [0.3, 0.4) is 0 Å². The summed E-state index contributed by atoms with van der Waals surface area (Å²) in [6.07, 6.45) is 1.55. The summed E-state index contributed by atoms with van der Waals surface area (Å²) in [7, 11) is 3.37. The van der Waals surface area contributed by atoms with E-state index in [1.54, 1.807) is 44.6 Å². The van der Waals surface area contributed by atoms with E-state index in [9.17, 15) is 9.59 Å². The van der Waals surface area contributed by atoms with E-state index in [0.717, 1.165) is 0 Å². The molecule has 0 fully saturated rings. The van der Waals surface area contributed by atoms with Crippen LogP contribution in [0.5, 0.6) is 0 Å². The maximum atomic E-state index is 12.2. The van der Waals surface area contributed by atoms with Crippen molar-refractivity contribution in [2.24, 2.45) is 7.05 Å². The van der Waals surface area contributed by atoms with Gasteiger partial charge in [-0.25, -0.2) is 4.79 Å². The number of hydrogen-bond acceptors (Lipinski definition) is 4. The summed E-state index contributed by atoms with van der Waals surface area (Å²) < 4.78 is 1.32. The molecule has 0 aliphatic carbocycles. The number of benzene rings is 1. The number of carbonyl (C=O) groups is 1. The van der Waals surface area contributed by atoms with Crippen molar-refractivity contribution in [3.63, 3.8) is 0 Å². The zero-order valence-electron chi connectivity index (χ0n) is 12.4. The van der Waals surface area contributed by atoms with Crippen LogP contribution in [0.25, 0.3) is 0 Å². The first-order valence-electron chi connectivity index (χ1n) is 6.69. The fraction of sp³-hybridized carbons (Fsp3) is 0.188. The lowest BCUT2D eigenvalue weighted by Gasteiger charge is -2.07. The number of nitrogens with zero attached hydrogens (tertiary/aromatic N) is 2. The topological polar surface area (TPSA) is 76.0 Å². The average molecular weight is 296 g/mol. The largest absolute Gasteiger partial charge is 0.349 e. The van der Waals surface area contributed by atoms with E-state index in [2.05, 4.69) is 27.5 Å². The molecule has 0 spiro atoms. The summed E-state index contributed by atoms with van der Waals surface area (Å²) in [5, 5.41) is 5.54. The van der Waals surface area contributed by atoms with Crippen molar-refractivity contribution in [1.29, 1.82) is 0 Å². The zero-order chi connectivity index (χ0) is 15.9. The molecule has 0 saturated carbocycles. The lowest BCUT2D eigenvalue weighted by Crippen LogP contribution is -2.24. The van der Waals surface area contributed by atoms with Gasteiger partial charge in [0.2, 0.25) is 0 Å². The second-order valence-electron chi connectivity index (χ2n) is 4.55. The molecule has 1 aromatic carbocycles. The Kier molecular flexibility index (Phi) is 5.07. The number of aromatic nitrogens is 2. The minimum Gasteiger partial charge on any atom is -0.309 e. The van der Waals surface area contributed by atoms with Crippen LogP contribution in [0.2, 0.25) is 0 Å². The lowest BCUT2D eigenvalue weighted by molar-refractivity contribution is 0.102. The van der Waals surface area contributed by atoms with E-state index < -0.39 is 5.69 Å². The Bertz CT molecular complexity index is 785. The fourth-order valence-electron chi connectivity index (χ4n) is 1.73. The Morgan fingerprint density at radius 1 is 1.32 bits per heavy atom. The molecular formula is C16H16N4O2. The Morgan fingerprint density at radius 3 is 2.73 bits per heavy atom. The van der Waals surface area contributed by atoms with Crippen LogP contribution in [0.4, 0.5) is 5.82 Å². The Labute approximate surface area is 128 Å². The molecule has 0 aliphatic heterocycles. The Morgan fingerprint density at radius 2 is 2.05 bits per heavy atom. The van der Waals surface area contributed by atoms with Crippen molar-refractivity contribution < 1.29 is 4.79 Å². The molecule has 0 atom stereocenters. The summed E-state index contributed by atoms with van der Waals surface area (Å²) in [6.45, 7) is 0.495.